The molecule has 7 heteroatoms. The van der Waals surface area contributed by atoms with Gasteiger partial charge in [0.15, 0.2) is 0 Å². The highest BCUT2D eigenvalue weighted by atomic mass is 19.1. The van der Waals surface area contributed by atoms with Gasteiger partial charge >= 0.3 is 6.09 Å². The van der Waals surface area contributed by atoms with E-state index in [-0.39, 0.29) is 5.56 Å². The summed E-state index contributed by atoms with van der Waals surface area (Å²) in [6, 6.07) is 10.1. The minimum atomic E-state index is -1.01. The molecule has 25 heavy (non-hydrogen) atoms. The summed E-state index contributed by atoms with van der Waals surface area (Å²) in [6.45, 7) is 2.16. The Labute approximate surface area is 143 Å². The van der Waals surface area contributed by atoms with Gasteiger partial charge in [-0.3, -0.25) is 9.69 Å². The van der Waals surface area contributed by atoms with Gasteiger partial charge in [-0.2, -0.15) is 0 Å². The van der Waals surface area contributed by atoms with Crippen molar-refractivity contribution in [3.8, 4) is 0 Å². The number of carbonyl (C=O) groups excluding carboxylic acids is 2. The van der Waals surface area contributed by atoms with Gasteiger partial charge in [0.2, 0.25) is 5.91 Å². The average Bonchev–Trinajstić information content (AvgIpc) is 3.01. The molecule has 2 aromatic carbocycles. The number of cyclic esters (lactones) is 1. The molecule has 0 aliphatic carbocycles. The molecule has 1 aliphatic heterocycles. The van der Waals surface area contributed by atoms with Crippen molar-refractivity contribution < 1.29 is 23.1 Å². The number of rotatable bonds is 4. The Balaban J connectivity index is 1.78. The van der Waals surface area contributed by atoms with Crippen molar-refractivity contribution in [2.24, 2.45) is 0 Å². The van der Waals surface area contributed by atoms with E-state index in [1.54, 1.807) is 24.3 Å². The lowest BCUT2D eigenvalue weighted by atomic mass is 9.99. The topological polar surface area (TPSA) is 58.6 Å². The van der Waals surface area contributed by atoms with Crippen LogP contribution in [0.4, 0.5) is 25.0 Å². The van der Waals surface area contributed by atoms with Crippen molar-refractivity contribution in [2.75, 3.05) is 23.4 Å². The van der Waals surface area contributed by atoms with Gasteiger partial charge in [-0.1, -0.05) is 12.1 Å². The van der Waals surface area contributed by atoms with E-state index in [1.807, 2.05) is 0 Å². The fourth-order valence-corrected chi connectivity index (χ4v) is 2.69. The second-order valence-electron chi connectivity index (χ2n) is 5.66. The summed E-state index contributed by atoms with van der Waals surface area (Å²) < 4.78 is 32.5. The Morgan fingerprint density at radius 3 is 2.52 bits per heavy atom. The molecule has 0 saturated carbocycles. The van der Waals surface area contributed by atoms with E-state index in [0.29, 0.717) is 24.5 Å². The lowest BCUT2D eigenvalue weighted by Gasteiger charge is -2.16. The van der Waals surface area contributed by atoms with E-state index in [1.165, 1.54) is 17.9 Å². The van der Waals surface area contributed by atoms with Gasteiger partial charge in [-0.05, 0) is 37.3 Å². The number of carbonyl (C=O) groups is 2. The van der Waals surface area contributed by atoms with Crippen LogP contribution in [0, 0.1) is 11.6 Å². The second-order valence-corrected chi connectivity index (χ2v) is 5.66. The number of ether oxygens (including phenoxy) is 1. The van der Waals surface area contributed by atoms with E-state index in [4.69, 9.17) is 4.74 Å². The molecule has 1 heterocycles. The van der Waals surface area contributed by atoms with Crippen molar-refractivity contribution in [2.45, 2.75) is 12.8 Å². The van der Waals surface area contributed by atoms with E-state index >= 15 is 0 Å². The highest BCUT2D eigenvalue weighted by molar-refractivity contribution is 5.97. The number of hydrogen-bond acceptors (Lipinski definition) is 3. The van der Waals surface area contributed by atoms with Crippen LogP contribution in [0.25, 0.3) is 0 Å². The Hall–Kier alpha value is -2.96. The predicted octanol–water partition coefficient (Wildman–Crippen LogP) is 3.66. The van der Waals surface area contributed by atoms with Crippen molar-refractivity contribution in [3.63, 3.8) is 0 Å². The zero-order valence-corrected chi connectivity index (χ0v) is 13.5. The maximum Gasteiger partial charge on any atom is 0.414 e. The molecule has 2 aromatic rings. The van der Waals surface area contributed by atoms with Crippen molar-refractivity contribution in [1.29, 1.82) is 0 Å². The van der Waals surface area contributed by atoms with Crippen LogP contribution in [0.15, 0.2) is 42.5 Å². The SMILES string of the molecule is CC(C(=O)Nc1cccc(N2CCOC2=O)c1)c1c(F)cccc1F. The number of anilines is 2. The van der Waals surface area contributed by atoms with Gasteiger partial charge in [0.05, 0.1) is 12.5 Å². The Bertz CT molecular complexity index is 805. The van der Waals surface area contributed by atoms with Crippen molar-refractivity contribution in [3.05, 3.63) is 59.7 Å². The van der Waals surface area contributed by atoms with Gasteiger partial charge in [0, 0.05) is 16.9 Å². The minimum Gasteiger partial charge on any atom is -0.447 e. The van der Waals surface area contributed by atoms with Crippen LogP contribution in [-0.4, -0.2) is 25.2 Å². The van der Waals surface area contributed by atoms with E-state index in [2.05, 4.69) is 5.32 Å². The van der Waals surface area contributed by atoms with Gasteiger partial charge in [0.25, 0.3) is 0 Å². The third kappa shape index (κ3) is 3.45. The van der Waals surface area contributed by atoms with Crippen LogP contribution < -0.4 is 10.2 Å². The molecule has 1 unspecified atom stereocenters. The number of nitrogens with zero attached hydrogens (tertiary/aromatic N) is 1. The molecule has 0 radical (unpaired) electrons. The minimum absolute atomic E-state index is 0.278. The Kier molecular flexibility index (Phi) is 4.65. The second kappa shape index (κ2) is 6.88. The molecule has 2 amide bonds. The van der Waals surface area contributed by atoms with Gasteiger partial charge in [-0.15, -0.1) is 0 Å². The maximum absolute atomic E-state index is 13.8. The third-order valence-electron chi connectivity index (χ3n) is 4.01. The first kappa shape index (κ1) is 16.9. The number of benzene rings is 2. The average molecular weight is 346 g/mol. The maximum atomic E-state index is 13.8. The summed E-state index contributed by atoms with van der Waals surface area (Å²) >= 11 is 0. The zero-order valence-electron chi connectivity index (χ0n) is 13.5. The summed E-state index contributed by atoms with van der Waals surface area (Å²) in [5, 5.41) is 2.62. The number of halogens is 2. The molecule has 0 spiro atoms. The monoisotopic (exact) mass is 346 g/mol. The summed E-state index contributed by atoms with van der Waals surface area (Å²) in [5.74, 6) is -3.10. The molecule has 1 fully saturated rings. The quantitative estimate of drug-likeness (QED) is 0.919. The summed E-state index contributed by atoms with van der Waals surface area (Å²) in [7, 11) is 0. The standard InChI is InChI=1S/C18H16F2N2O3/c1-11(16-14(19)6-3-7-15(16)20)17(23)21-12-4-2-5-13(10-12)22-8-9-25-18(22)24/h2-7,10-11H,8-9H2,1H3,(H,21,23). The molecule has 130 valence electrons. The fourth-order valence-electron chi connectivity index (χ4n) is 2.69. The third-order valence-corrected chi connectivity index (χ3v) is 4.01. The molecule has 0 aromatic heterocycles. The number of hydrogen-bond donors (Lipinski definition) is 1. The molecule has 1 aliphatic rings. The fraction of sp³-hybridized carbons (Fsp3) is 0.222. The van der Waals surface area contributed by atoms with Gasteiger partial charge in [0.1, 0.15) is 18.2 Å². The van der Waals surface area contributed by atoms with Crippen molar-refractivity contribution >= 4 is 23.4 Å². The first-order chi connectivity index (χ1) is 12.0. The molecular formula is C18H16F2N2O3. The summed E-state index contributed by atoms with van der Waals surface area (Å²) in [5.41, 5.74) is 0.718. The number of nitrogens with one attached hydrogen (secondary N) is 1. The van der Waals surface area contributed by atoms with Gasteiger partial charge < -0.3 is 10.1 Å². The number of amides is 2. The Morgan fingerprint density at radius 2 is 1.88 bits per heavy atom. The first-order valence-corrected chi connectivity index (χ1v) is 7.76. The smallest absolute Gasteiger partial charge is 0.414 e. The van der Waals surface area contributed by atoms with Crippen LogP contribution in [-0.2, 0) is 9.53 Å². The summed E-state index contributed by atoms with van der Waals surface area (Å²) in [4.78, 5) is 25.4. The molecule has 1 saturated heterocycles. The van der Waals surface area contributed by atoms with Crippen LogP contribution in [0.5, 0.6) is 0 Å². The highest BCUT2D eigenvalue weighted by Crippen LogP contribution is 2.26. The zero-order chi connectivity index (χ0) is 18.0. The molecule has 1 N–H and O–H groups in total. The predicted molar refractivity (Wildman–Crippen MR) is 88.5 cm³/mol. The lowest BCUT2D eigenvalue weighted by molar-refractivity contribution is -0.117. The Morgan fingerprint density at radius 1 is 1.20 bits per heavy atom. The van der Waals surface area contributed by atoms with Crippen LogP contribution >= 0.6 is 0 Å². The van der Waals surface area contributed by atoms with Crippen LogP contribution in [0.3, 0.4) is 0 Å². The molecule has 3 rings (SSSR count). The molecule has 0 bridgehead atoms. The largest absolute Gasteiger partial charge is 0.447 e. The van der Waals surface area contributed by atoms with Crippen molar-refractivity contribution in [1.82, 2.24) is 0 Å². The first-order valence-electron chi connectivity index (χ1n) is 7.76. The lowest BCUT2D eigenvalue weighted by Crippen LogP contribution is -2.24. The van der Waals surface area contributed by atoms with E-state index < -0.39 is 29.6 Å². The van der Waals surface area contributed by atoms with Gasteiger partial charge in [-0.25, -0.2) is 13.6 Å². The molecular weight excluding hydrogens is 330 g/mol. The highest BCUT2D eigenvalue weighted by Gasteiger charge is 2.25. The van der Waals surface area contributed by atoms with E-state index in [0.717, 1.165) is 12.1 Å². The normalized spacial score (nSPS) is 15.0. The van der Waals surface area contributed by atoms with E-state index in [9.17, 15) is 18.4 Å². The van der Waals surface area contributed by atoms with Crippen LogP contribution in [0.2, 0.25) is 0 Å². The molecule has 1 atom stereocenters. The summed E-state index contributed by atoms with van der Waals surface area (Å²) in [6.07, 6.45) is -0.453. The molecule has 5 nitrogen and oxygen atoms in total. The van der Waals surface area contributed by atoms with Crippen LogP contribution in [0.1, 0.15) is 18.4 Å².